The summed E-state index contributed by atoms with van der Waals surface area (Å²) in [6.07, 6.45) is 1.61. The first-order valence-corrected chi connectivity index (χ1v) is 11.9. The Hall–Kier alpha value is -1.30. The first-order valence-electron chi connectivity index (χ1n) is 11.9. The van der Waals surface area contributed by atoms with Crippen LogP contribution in [0.1, 0.15) is 59.3 Å². The third kappa shape index (κ3) is 4.66. The minimum absolute atomic E-state index is 0.00197. The van der Waals surface area contributed by atoms with E-state index in [1.54, 1.807) is 0 Å². The predicted molar refractivity (Wildman–Crippen MR) is 113 cm³/mol. The van der Waals surface area contributed by atoms with E-state index < -0.39 is 36.2 Å². The van der Waals surface area contributed by atoms with Gasteiger partial charge in [-0.15, -0.1) is 0 Å². The molecule has 1 aliphatic carbocycles. The molecule has 4 aliphatic heterocycles. The van der Waals surface area contributed by atoms with Gasteiger partial charge < -0.3 is 29.0 Å². The molecule has 10 heteroatoms. The molecule has 33 heavy (non-hydrogen) atoms. The molecule has 1 spiro atoms. The molecule has 2 bridgehead atoms. The van der Waals surface area contributed by atoms with Gasteiger partial charge in [0.2, 0.25) is 18.0 Å². The van der Waals surface area contributed by atoms with Crippen molar-refractivity contribution in [2.45, 2.75) is 89.6 Å². The molecule has 0 unspecified atom stereocenters. The number of nitrogens with one attached hydrogen (secondary N) is 1. The van der Waals surface area contributed by atoms with Gasteiger partial charge >= 0.3 is 5.97 Å². The van der Waals surface area contributed by atoms with E-state index in [-0.39, 0.29) is 43.0 Å². The van der Waals surface area contributed by atoms with Gasteiger partial charge in [0.1, 0.15) is 0 Å². The minimum atomic E-state index is -0.882. The lowest BCUT2D eigenvalue weighted by Gasteiger charge is -2.59. The maximum absolute atomic E-state index is 12.6. The summed E-state index contributed by atoms with van der Waals surface area (Å²) in [5.41, 5.74) is -0.699. The average Bonchev–Trinajstić information content (AvgIpc) is 3.02. The van der Waals surface area contributed by atoms with Crippen molar-refractivity contribution in [2.24, 2.45) is 23.7 Å². The highest BCUT2D eigenvalue weighted by Gasteiger charge is 2.69. The highest BCUT2D eigenvalue weighted by atomic mass is 17.3. The van der Waals surface area contributed by atoms with Crippen LogP contribution in [0.3, 0.4) is 0 Å². The van der Waals surface area contributed by atoms with E-state index in [0.29, 0.717) is 5.92 Å². The quantitative estimate of drug-likeness (QED) is 0.324. The first kappa shape index (κ1) is 24.8. The van der Waals surface area contributed by atoms with Crippen molar-refractivity contribution >= 4 is 11.9 Å². The molecule has 5 fully saturated rings. The number of methoxy groups -OCH3 is 2. The van der Waals surface area contributed by atoms with E-state index in [0.717, 1.165) is 25.7 Å². The third-order valence-corrected chi connectivity index (χ3v) is 7.89. The molecule has 0 aromatic carbocycles. The number of fused-ring (bicyclic) bond motifs is 2. The van der Waals surface area contributed by atoms with Crippen molar-refractivity contribution < 1.29 is 43.0 Å². The summed E-state index contributed by atoms with van der Waals surface area (Å²) in [6.45, 7) is 6.33. The van der Waals surface area contributed by atoms with Crippen LogP contribution in [0, 0.1) is 23.7 Å². The van der Waals surface area contributed by atoms with Crippen LogP contribution in [0.2, 0.25) is 0 Å². The second kappa shape index (κ2) is 9.75. The molecule has 188 valence electrons. The fraction of sp³-hybridized carbons (Fsp3) is 0.913. The zero-order valence-electron chi connectivity index (χ0n) is 20.2. The summed E-state index contributed by atoms with van der Waals surface area (Å²) >= 11 is 0. The molecule has 10 nitrogen and oxygen atoms in total. The van der Waals surface area contributed by atoms with E-state index in [9.17, 15) is 9.59 Å². The van der Waals surface area contributed by atoms with Gasteiger partial charge in [0, 0.05) is 38.9 Å². The maximum atomic E-state index is 12.6. The van der Waals surface area contributed by atoms with Crippen LogP contribution in [0.15, 0.2) is 0 Å². The summed E-state index contributed by atoms with van der Waals surface area (Å²) in [7, 11) is 2.98. The molecule has 0 aromatic rings. The van der Waals surface area contributed by atoms with E-state index in [1.807, 2.05) is 13.8 Å². The molecule has 1 saturated carbocycles. The van der Waals surface area contributed by atoms with Crippen LogP contribution in [-0.2, 0) is 43.0 Å². The van der Waals surface area contributed by atoms with Crippen molar-refractivity contribution in [1.82, 2.24) is 5.32 Å². The Morgan fingerprint density at radius 3 is 2.55 bits per heavy atom. The molecule has 5 aliphatic rings. The highest BCUT2D eigenvalue weighted by Crippen LogP contribution is 2.60. The summed E-state index contributed by atoms with van der Waals surface area (Å²) in [4.78, 5) is 36.5. The fourth-order valence-electron chi connectivity index (χ4n) is 5.96. The predicted octanol–water partition coefficient (Wildman–Crippen LogP) is 2.25. The molecular formula is C23H37NO9. The van der Waals surface area contributed by atoms with Crippen LogP contribution >= 0.6 is 0 Å². The second-order valence-electron chi connectivity index (χ2n) is 9.97. The average molecular weight is 472 g/mol. The van der Waals surface area contributed by atoms with Gasteiger partial charge in [-0.25, -0.2) is 9.78 Å². The van der Waals surface area contributed by atoms with Crippen molar-refractivity contribution in [3.05, 3.63) is 0 Å². The van der Waals surface area contributed by atoms with E-state index >= 15 is 0 Å². The Balaban J connectivity index is 1.38. The SMILES string of the molecule is COC(CNC(=O)CCC(=O)O[C@@H]1O[C@@H]2O[C@]3(C)CC[C@H]4[C@H](C)CC[C@@H]([C@H]1C)[C@]24OO3)OC. The van der Waals surface area contributed by atoms with E-state index in [4.69, 9.17) is 33.5 Å². The summed E-state index contributed by atoms with van der Waals surface area (Å²) in [5, 5.41) is 2.67. The number of hydrogen-bond acceptors (Lipinski definition) is 9. The molecule has 5 rings (SSSR count). The number of ether oxygens (including phenoxy) is 5. The monoisotopic (exact) mass is 471 g/mol. The fourth-order valence-corrected chi connectivity index (χ4v) is 5.96. The van der Waals surface area contributed by atoms with Crippen molar-refractivity contribution in [3.63, 3.8) is 0 Å². The van der Waals surface area contributed by atoms with Crippen LogP contribution in [0.5, 0.6) is 0 Å². The largest absolute Gasteiger partial charge is 0.435 e. The number of esters is 1. The molecule has 4 saturated heterocycles. The standard InChI is InChI=1S/C23H37NO9/c1-13-6-7-16-14(2)20(29-18(26)9-8-17(25)24-12-19(27-4)28-5)30-21-23(16)15(13)10-11-22(3,31-21)32-33-23/h13-16,19-21H,6-12H2,1-5H3,(H,24,25)/t13-,14-,15+,16+,20-,21-,22+,23+/m1/s1. The van der Waals surface area contributed by atoms with Crippen LogP contribution in [-0.4, -0.2) is 62.9 Å². The molecule has 8 atom stereocenters. The highest BCUT2D eigenvalue weighted by molar-refractivity contribution is 5.81. The molecule has 0 aromatic heterocycles. The molecule has 1 amide bonds. The lowest BCUT2D eigenvalue weighted by molar-refractivity contribution is -0.576. The first-order chi connectivity index (χ1) is 15.7. The number of carbonyl (C=O) groups excluding carboxylic acids is 2. The lowest BCUT2D eigenvalue weighted by atomic mass is 9.58. The normalized spacial score (nSPS) is 41.9. The Kier molecular flexibility index (Phi) is 7.33. The van der Waals surface area contributed by atoms with Gasteiger partial charge in [-0.05, 0) is 38.0 Å². The topological polar surface area (TPSA) is 111 Å². The third-order valence-electron chi connectivity index (χ3n) is 7.89. The van der Waals surface area contributed by atoms with Gasteiger partial charge in [-0.2, -0.15) is 0 Å². The van der Waals surface area contributed by atoms with Crippen LogP contribution < -0.4 is 5.32 Å². The van der Waals surface area contributed by atoms with Crippen molar-refractivity contribution in [2.75, 3.05) is 20.8 Å². The van der Waals surface area contributed by atoms with Crippen LogP contribution in [0.4, 0.5) is 0 Å². The Morgan fingerprint density at radius 2 is 1.82 bits per heavy atom. The molecule has 4 heterocycles. The zero-order chi connectivity index (χ0) is 23.8. The van der Waals surface area contributed by atoms with Gasteiger partial charge in [0.25, 0.3) is 0 Å². The van der Waals surface area contributed by atoms with Crippen molar-refractivity contribution in [1.29, 1.82) is 0 Å². The Labute approximate surface area is 194 Å². The number of rotatable bonds is 8. The zero-order valence-corrected chi connectivity index (χ0v) is 20.2. The second-order valence-corrected chi connectivity index (χ2v) is 9.97. The Morgan fingerprint density at radius 1 is 1.06 bits per heavy atom. The number of hydrogen-bond donors (Lipinski definition) is 1. The number of carbonyl (C=O) groups is 2. The van der Waals surface area contributed by atoms with Crippen LogP contribution in [0.25, 0.3) is 0 Å². The lowest BCUT2D eigenvalue weighted by Crippen LogP contribution is -2.70. The van der Waals surface area contributed by atoms with Gasteiger partial charge in [0.15, 0.2) is 18.2 Å². The summed E-state index contributed by atoms with van der Waals surface area (Å²) < 4.78 is 28.3. The van der Waals surface area contributed by atoms with Gasteiger partial charge in [0.05, 0.1) is 13.0 Å². The van der Waals surface area contributed by atoms with Crippen molar-refractivity contribution in [3.8, 4) is 0 Å². The van der Waals surface area contributed by atoms with Gasteiger partial charge in [-0.3, -0.25) is 9.59 Å². The van der Waals surface area contributed by atoms with Gasteiger partial charge in [-0.1, -0.05) is 13.8 Å². The van der Waals surface area contributed by atoms with E-state index in [1.165, 1.54) is 14.2 Å². The smallest absolute Gasteiger partial charge is 0.308 e. The Bertz CT molecular complexity index is 731. The molecule has 0 radical (unpaired) electrons. The summed E-state index contributed by atoms with van der Waals surface area (Å²) in [6, 6.07) is 0. The van der Waals surface area contributed by atoms with E-state index in [2.05, 4.69) is 12.2 Å². The number of amides is 1. The maximum Gasteiger partial charge on any atom is 0.308 e. The molecular weight excluding hydrogens is 434 g/mol. The minimum Gasteiger partial charge on any atom is -0.435 e. The molecule has 1 N–H and O–H groups in total. The summed E-state index contributed by atoms with van der Waals surface area (Å²) in [5.74, 6) is -0.982.